The third-order valence-corrected chi connectivity index (χ3v) is 3.71. The van der Waals surface area contributed by atoms with Crippen LogP contribution in [0.25, 0.3) is 0 Å². The average Bonchev–Trinajstić information content (AvgIpc) is 2.52. The van der Waals surface area contributed by atoms with Crippen LogP contribution in [0, 0.1) is 0 Å². The SMILES string of the molecule is O=C(O)CCCN(C(=O)[C@@H]1CCCCN1)c1ccccc1. The molecule has 1 aliphatic heterocycles. The molecule has 5 nitrogen and oxygen atoms in total. The molecule has 5 heteroatoms. The molecular formula is C16H22N2O3. The zero-order valence-corrected chi connectivity index (χ0v) is 12.1. The third-order valence-electron chi connectivity index (χ3n) is 3.71. The number of nitrogens with zero attached hydrogens (tertiary/aromatic N) is 1. The lowest BCUT2D eigenvalue weighted by molar-refractivity contribution is -0.137. The van der Waals surface area contributed by atoms with Crippen LogP contribution in [0.3, 0.4) is 0 Å². The predicted molar refractivity (Wildman–Crippen MR) is 81.3 cm³/mol. The van der Waals surface area contributed by atoms with E-state index in [-0.39, 0.29) is 18.4 Å². The summed E-state index contributed by atoms with van der Waals surface area (Å²) in [6.07, 6.45) is 3.55. The molecule has 0 aromatic heterocycles. The number of nitrogens with one attached hydrogen (secondary N) is 1. The highest BCUT2D eigenvalue weighted by Gasteiger charge is 2.26. The first-order valence-corrected chi connectivity index (χ1v) is 7.50. The molecule has 2 N–H and O–H groups in total. The second-order valence-electron chi connectivity index (χ2n) is 5.33. The van der Waals surface area contributed by atoms with E-state index in [2.05, 4.69) is 5.32 Å². The van der Waals surface area contributed by atoms with E-state index in [0.717, 1.165) is 31.5 Å². The van der Waals surface area contributed by atoms with Gasteiger partial charge in [-0.15, -0.1) is 0 Å². The van der Waals surface area contributed by atoms with Crippen molar-refractivity contribution in [1.29, 1.82) is 0 Å². The largest absolute Gasteiger partial charge is 0.481 e. The van der Waals surface area contributed by atoms with Crippen LogP contribution in [0.15, 0.2) is 30.3 Å². The molecule has 0 spiro atoms. The van der Waals surface area contributed by atoms with Gasteiger partial charge in [-0.1, -0.05) is 24.6 Å². The van der Waals surface area contributed by atoms with Gasteiger partial charge in [-0.25, -0.2) is 0 Å². The number of para-hydroxylation sites is 1. The molecule has 1 saturated heterocycles. The molecule has 1 aromatic carbocycles. The summed E-state index contributed by atoms with van der Waals surface area (Å²) >= 11 is 0. The van der Waals surface area contributed by atoms with E-state index in [1.807, 2.05) is 30.3 Å². The van der Waals surface area contributed by atoms with Crippen molar-refractivity contribution in [3.8, 4) is 0 Å². The number of hydrogen-bond acceptors (Lipinski definition) is 3. The fourth-order valence-electron chi connectivity index (χ4n) is 2.61. The Labute approximate surface area is 125 Å². The number of carbonyl (C=O) groups is 2. The van der Waals surface area contributed by atoms with Crippen LogP contribution in [-0.4, -0.2) is 36.1 Å². The monoisotopic (exact) mass is 290 g/mol. The number of anilines is 1. The van der Waals surface area contributed by atoms with E-state index < -0.39 is 5.97 Å². The Morgan fingerprint density at radius 1 is 1.24 bits per heavy atom. The van der Waals surface area contributed by atoms with E-state index in [4.69, 9.17) is 5.11 Å². The van der Waals surface area contributed by atoms with Crippen LogP contribution < -0.4 is 10.2 Å². The van der Waals surface area contributed by atoms with Gasteiger partial charge in [-0.05, 0) is 37.9 Å². The molecule has 0 saturated carbocycles. The van der Waals surface area contributed by atoms with Gasteiger partial charge in [0.15, 0.2) is 0 Å². The summed E-state index contributed by atoms with van der Waals surface area (Å²) in [6.45, 7) is 1.31. The summed E-state index contributed by atoms with van der Waals surface area (Å²) in [5.41, 5.74) is 0.834. The molecule has 1 aromatic rings. The number of benzene rings is 1. The van der Waals surface area contributed by atoms with Gasteiger partial charge in [-0.3, -0.25) is 9.59 Å². The zero-order chi connectivity index (χ0) is 15.1. The van der Waals surface area contributed by atoms with Gasteiger partial charge in [0.05, 0.1) is 6.04 Å². The molecule has 114 valence electrons. The summed E-state index contributed by atoms with van der Waals surface area (Å²) in [5, 5.41) is 12.0. The summed E-state index contributed by atoms with van der Waals surface area (Å²) in [6, 6.07) is 9.32. The highest BCUT2D eigenvalue weighted by atomic mass is 16.4. The van der Waals surface area contributed by atoms with Crippen molar-refractivity contribution in [2.75, 3.05) is 18.0 Å². The molecule has 1 heterocycles. The molecule has 0 unspecified atom stereocenters. The number of carboxylic acids is 1. The maximum atomic E-state index is 12.7. The molecule has 0 bridgehead atoms. The van der Waals surface area contributed by atoms with E-state index in [0.29, 0.717) is 13.0 Å². The van der Waals surface area contributed by atoms with Crippen LogP contribution in [0.4, 0.5) is 5.69 Å². The van der Waals surface area contributed by atoms with Crippen molar-refractivity contribution in [3.05, 3.63) is 30.3 Å². The van der Waals surface area contributed by atoms with Gasteiger partial charge < -0.3 is 15.3 Å². The normalized spacial score (nSPS) is 18.2. The lowest BCUT2D eigenvalue weighted by Gasteiger charge is -2.30. The summed E-state index contributed by atoms with van der Waals surface area (Å²) in [7, 11) is 0. The molecule has 0 radical (unpaired) electrons. The number of amides is 1. The number of carbonyl (C=O) groups excluding carboxylic acids is 1. The Morgan fingerprint density at radius 2 is 2.00 bits per heavy atom. The minimum atomic E-state index is -0.828. The number of hydrogen-bond donors (Lipinski definition) is 2. The molecule has 1 aliphatic rings. The van der Waals surface area contributed by atoms with Crippen molar-refractivity contribution in [3.63, 3.8) is 0 Å². The maximum Gasteiger partial charge on any atom is 0.303 e. The molecule has 21 heavy (non-hydrogen) atoms. The first-order chi connectivity index (χ1) is 10.2. The smallest absolute Gasteiger partial charge is 0.303 e. The van der Waals surface area contributed by atoms with Gasteiger partial charge in [0.2, 0.25) is 5.91 Å². The highest BCUT2D eigenvalue weighted by molar-refractivity contribution is 5.97. The predicted octanol–water partition coefficient (Wildman–Crippen LogP) is 2.03. The summed E-state index contributed by atoms with van der Waals surface area (Å²) < 4.78 is 0. The Balaban J connectivity index is 2.06. The van der Waals surface area contributed by atoms with Crippen LogP contribution in [0.2, 0.25) is 0 Å². The van der Waals surface area contributed by atoms with E-state index in [9.17, 15) is 9.59 Å². The van der Waals surface area contributed by atoms with Crippen LogP contribution in [0.5, 0.6) is 0 Å². The number of rotatable bonds is 6. The first kappa shape index (κ1) is 15.5. The van der Waals surface area contributed by atoms with Gasteiger partial charge in [0, 0.05) is 18.7 Å². The Hall–Kier alpha value is -1.88. The minimum absolute atomic E-state index is 0.0475. The number of aliphatic carboxylic acids is 1. The molecule has 1 fully saturated rings. The van der Waals surface area contributed by atoms with Crippen molar-refractivity contribution in [2.24, 2.45) is 0 Å². The fraction of sp³-hybridized carbons (Fsp3) is 0.500. The van der Waals surface area contributed by atoms with Crippen molar-refractivity contribution < 1.29 is 14.7 Å². The van der Waals surface area contributed by atoms with E-state index in [1.54, 1.807) is 4.90 Å². The first-order valence-electron chi connectivity index (χ1n) is 7.50. The summed E-state index contributed by atoms with van der Waals surface area (Å²) in [4.78, 5) is 25.1. The van der Waals surface area contributed by atoms with Crippen molar-refractivity contribution in [2.45, 2.75) is 38.1 Å². The van der Waals surface area contributed by atoms with Crippen molar-refractivity contribution in [1.82, 2.24) is 5.32 Å². The second kappa shape index (κ2) is 7.78. The van der Waals surface area contributed by atoms with E-state index >= 15 is 0 Å². The maximum absolute atomic E-state index is 12.7. The average molecular weight is 290 g/mol. The fourth-order valence-corrected chi connectivity index (χ4v) is 2.61. The standard InChI is InChI=1S/C16H22N2O3/c19-15(20)10-6-12-18(13-7-2-1-3-8-13)16(21)14-9-4-5-11-17-14/h1-3,7-8,14,17H,4-6,9-12H2,(H,19,20)/t14-/m0/s1. The Morgan fingerprint density at radius 3 is 2.62 bits per heavy atom. The van der Waals surface area contributed by atoms with Gasteiger partial charge in [0.25, 0.3) is 0 Å². The molecule has 0 aliphatic carbocycles. The molecule has 1 amide bonds. The number of piperidine rings is 1. The second-order valence-corrected chi connectivity index (χ2v) is 5.33. The lowest BCUT2D eigenvalue weighted by atomic mass is 10.0. The topological polar surface area (TPSA) is 69.6 Å². The highest BCUT2D eigenvalue weighted by Crippen LogP contribution is 2.18. The Kier molecular flexibility index (Phi) is 5.75. The van der Waals surface area contributed by atoms with Crippen molar-refractivity contribution >= 4 is 17.6 Å². The van der Waals surface area contributed by atoms with Crippen LogP contribution >= 0.6 is 0 Å². The summed E-state index contributed by atoms with van der Waals surface area (Å²) in [5.74, 6) is -0.780. The quantitative estimate of drug-likeness (QED) is 0.841. The Bertz CT molecular complexity index is 470. The van der Waals surface area contributed by atoms with E-state index in [1.165, 1.54) is 0 Å². The molecule has 1 atom stereocenters. The van der Waals surface area contributed by atoms with Crippen LogP contribution in [-0.2, 0) is 9.59 Å². The van der Waals surface area contributed by atoms with Gasteiger partial charge >= 0.3 is 5.97 Å². The van der Waals surface area contributed by atoms with Gasteiger partial charge in [0.1, 0.15) is 0 Å². The lowest BCUT2D eigenvalue weighted by Crippen LogP contribution is -2.49. The zero-order valence-electron chi connectivity index (χ0n) is 12.1. The third kappa shape index (κ3) is 4.56. The number of carboxylic acid groups (broad SMARTS) is 1. The molecule has 2 rings (SSSR count). The van der Waals surface area contributed by atoms with Gasteiger partial charge in [-0.2, -0.15) is 0 Å². The van der Waals surface area contributed by atoms with Crippen LogP contribution in [0.1, 0.15) is 32.1 Å². The molecular weight excluding hydrogens is 268 g/mol. The minimum Gasteiger partial charge on any atom is -0.481 e.